The fourth-order valence-electron chi connectivity index (χ4n) is 9.77. The van der Waals surface area contributed by atoms with Crippen LogP contribution < -0.4 is 14.8 Å². The molecule has 5 rings (SSSR count). The van der Waals surface area contributed by atoms with Crippen molar-refractivity contribution in [3.8, 4) is 11.5 Å². The molecule has 65 heavy (non-hydrogen) atoms. The van der Waals surface area contributed by atoms with Gasteiger partial charge in [0.15, 0.2) is 29.2 Å². The van der Waals surface area contributed by atoms with E-state index in [4.69, 9.17) is 56.4 Å². The van der Waals surface area contributed by atoms with Crippen LogP contribution in [0.25, 0.3) is 0 Å². The number of thioether (sulfide) groups is 1. The number of methoxy groups -OCH3 is 2. The standard InChI is InChI=1S/C47H67Cl2N3O12S/c1-13-36-47(8)37(41(44(57)64-47)65-17-16-60-35-19-29(14-15-34(35)58-11)51-21-30-31(48)22-50-23-32(30)49)26(4)38(53)24(2)20-46(7,59-12)42(27(5)39(54)28(6)43(56)62-36)63-45-40(55)33(52(9)10)18-25(3)61-45/h14-15,19,22-28,33,36-37,40-42,45,51,55H,13,16-18,20-21H2,1-12H3/t24-,25-,26-,27+,28-,33+,36-,37?,40-,41+,42-,45+,46?,47-/m1/s1. The maximum atomic E-state index is 14.8. The van der Waals surface area contributed by atoms with Gasteiger partial charge < -0.3 is 48.5 Å². The van der Waals surface area contributed by atoms with E-state index in [0.29, 0.717) is 51.5 Å². The summed E-state index contributed by atoms with van der Waals surface area (Å²) < 4.78 is 43.1. The number of aromatic nitrogens is 1. The monoisotopic (exact) mass is 967 g/mol. The average Bonchev–Trinajstić information content (AvgIpc) is 3.53. The van der Waals surface area contributed by atoms with Crippen molar-refractivity contribution in [3.63, 3.8) is 0 Å². The summed E-state index contributed by atoms with van der Waals surface area (Å²) in [6.45, 7) is 14.4. The topological polar surface area (TPSA) is 181 Å². The predicted molar refractivity (Wildman–Crippen MR) is 248 cm³/mol. The Balaban J connectivity index is 1.41. The first-order valence-electron chi connectivity index (χ1n) is 22.3. The second-order valence-corrected chi connectivity index (χ2v) is 20.3. The summed E-state index contributed by atoms with van der Waals surface area (Å²) >= 11 is 13.9. The van der Waals surface area contributed by atoms with E-state index < -0.39 is 88.4 Å². The quantitative estimate of drug-likeness (QED) is 0.112. The number of likely N-dealkylation sites (N-methyl/N-ethyl adjacent to an activating group) is 1. The number of fused-ring (bicyclic) bond motifs is 1. The van der Waals surface area contributed by atoms with Crippen LogP contribution in [0.2, 0.25) is 10.0 Å². The lowest BCUT2D eigenvalue weighted by molar-refractivity contribution is -0.295. The molecule has 1 aromatic heterocycles. The van der Waals surface area contributed by atoms with Crippen molar-refractivity contribution in [1.82, 2.24) is 9.88 Å². The number of carbonyl (C=O) groups excluding carboxylic acids is 4. The first-order valence-corrected chi connectivity index (χ1v) is 24.1. The molecule has 3 aliphatic heterocycles. The number of ketones is 2. The van der Waals surface area contributed by atoms with E-state index in [1.54, 1.807) is 53.7 Å². The second kappa shape index (κ2) is 22.3. The number of anilines is 1. The van der Waals surface area contributed by atoms with Gasteiger partial charge in [-0.25, -0.2) is 0 Å². The van der Waals surface area contributed by atoms with Crippen LogP contribution in [-0.4, -0.2) is 132 Å². The number of pyridine rings is 1. The zero-order valence-electron chi connectivity index (χ0n) is 39.6. The van der Waals surface area contributed by atoms with Crippen molar-refractivity contribution in [2.75, 3.05) is 46.0 Å². The molecule has 0 amide bonds. The normalized spacial score (nSPS) is 35.0. The third-order valence-electron chi connectivity index (χ3n) is 13.5. The Bertz CT molecular complexity index is 1990. The number of ether oxygens (including phenoxy) is 7. The molecule has 18 heteroatoms. The van der Waals surface area contributed by atoms with E-state index in [0.717, 1.165) is 0 Å². The number of cyclic esters (lactones) is 1. The molecule has 2 unspecified atom stereocenters. The van der Waals surface area contributed by atoms with Crippen molar-refractivity contribution in [2.45, 2.75) is 134 Å². The summed E-state index contributed by atoms with van der Waals surface area (Å²) in [5, 5.41) is 14.8. The minimum absolute atomic E-state index is 0.0999. The highest BCUT2D eigenvalue weighted by Crippen LogP contribution is 2.49. The van der Waals surface area contributed by atoms with Gasteiger partial charge >= 0.3 is 11.9 Å². The molecule has 2 N–H and O–H groups in total. The molecule has 0 radical (unpaired) electrons. The van der Waals surface area contributed by atoms with Gasteiger partial charge in [-0.15, -0.1) is 11.8 Å². The first kappa shape index (κ1) is 52.7. The highest BCUT2D eigenvalue weighted by atomic mass is 35.5. The third kappa shape index (κ3) is 11.6. The number of nitrogens with one attached hydrogen (secondary N) is 1. The Morgan fingerprint density at radius 2 is 1.65 bits per heavy atom. The molecule has 15 nitrogen and oxygen atoms in total. The van der Waals surface area contributed by atoms with Gasteiger partial charge in [0.2, 0.25) is 0 Å². The van der Waals surface area contributed by atoms with Gasteiger partial charge in [-0.3, -0.25) is 24.2 Å². The zero-order valence-corrected chi connectivity index (χ0v) is 41.9. The van der Waals surface area contributed by atoms with Crippen LogP contribution in [0, 0.1) is 29.6 Å². The number of aliphatic hydroxyl groups excluding tert-OH is 1. The second-order valence-electron chi connectivity index (χ2n) is 18.3. The maximum absolute atomic E-state index is 14.8. The Labute approximate surface area is 397 Å². The lowest BCUT2D eigenvalue weighted by Crippen LogP contribution is -2.59. The Morgan fingerprint density at radius 3 is 2.26 bits per heavy atom. The number of Topliss-reactive ketones (excluding diaryl/α,β-unsaturated/α-hetero) is 2. The zero-order chi connectivity index (χ0) is 48.1. The summed E-state index contributed by atoms with van der Waals surface area (Å²) in [5.41, 5.74) is -1.32. The molecule has 0 aliphatic carbocycles. The summed E-state index contributed by atoms with van der Waals surface area (Å²) in [6.07, 6.45) is -0.619. The van der Waals surface area contributed by atoms with Crippen LogP contribution in [0.3, 0.4) is 0 Å². The van der Waals surface area contributed by atoms with Crippen LogP contribution in [0.15, 0.2) is 30.6 Å². The van der Waals surface area contributed by atoms with E-state index >= 15 is 0 Å². The largest absolute Gasteiger partial charge is 0.493 e. The first-order chi connectivity index (χ1) is 30.6. The number of carbonyl (C=O) groups is 4. The summed E-state index contributed by atoms with van der Waals surface area (Å²) in [7, 11) is 6.75. The number of halogens is 2. The summed E-state index contributed by atoms with van der Waals surface area (Å²) in [4.78, 5) is 63.3. The number of hydrogen-bond acceptors (Lipinski definition) is 16. The molecule has 3 aliphatic rings. The number of benzene rings is 1. The lowest BCUT2D eigenvalue weighted by atomic mass is 9.70. The van der Waals surface area contributed by atoms with Crippen LogP contribution >= 0.6 is 35.0 Å². The number of esters is 2. The van der Waals surface area contributed by atoms with Crippen LogP contribution in [0.1, 0.15) is 80.2 Å². The SMILES string of the molecule is CC[C@H]1OC(=O)[C@H](C)C(=O)[C@H](C)[C@@H](O[C@@H]2O[C@H](C)C[C@H](N(C)C)[C@H]2O)C(C)(OC)C[C@@H](C)C(=O)[C@H](C)C2[C@H](SCCOc3cc(NCc4c(Cl)cncc4Cl)ccc3OC)C(=O)O[C@@]21C. The van der Waals surface area contributed by atoms with Crippen molar-refractivity contribution in [3.05, 3.63) is 46.2 Å². The van der Waals surface area contributed by atoms with Crippen molar-refractivity contribution < 1.29 is 57.4 Å². The average molecular weight is 969 g/mol. The molecule has 0 saturated carbocycles. The molecule has 362 valence electrons. The van der Waals surface area contributed by atoms with Gasteiger partial charge in [0.1, 0.15) is 29.2 Å². The molecule has 0 spiro atoms. The number of hydrogen-bond donors (Lipinski definition) is 2. The summed E-state index contributed by atoms with van der Waals surface area (Å²) in [5.74, 6) is -5.18. The van der Waals surface area contributed by atoms with Gasteiger partial charge in [-0.2, -0.15) is 0 Å². The minimum atomic E-state index is -1.43. The van der Waals surface area contributed by atoms with Gasteiger partial charge in [0, 0.05) is 78.8 Å². The maximum Gasteiger partial charge on any atom is 0.320 e. The van der Waals surface area contributed by atoms with Crippen molar-refractivity contribution in [1.29, 1.82) is 0 Å². The van der Waals surface area contributed by atoms with E-state index in [1.165, 1.54) is 45.3 Å². The predicted octanol–water partition coefficient (Wildman–Crippen LogP) is 7.05. The lowest BCUT2D eigenvalue weighted by Gasteiger charge is -2.47. The number of aliphatic hydroxyl groups is 1. The third-order valence-corrected chi connectivity index (χ3v) is 15.4. The Kier molecular flexibility index (Phi) is 18.1. The Morgan fingerprint density at radius 1 is 0.969 bits per heavy atom. The van der Waals surface area contributed by atoms with E-state index in [1.807, 2.05) is 32.0 Å². The van der Waals surface area contributed by atoms with Gasteiger partial charge in [0.25, 0.3) is 0 Å². The number of nitrogens with zero attached hydrogens (tertiary/aromatic N) is 2. The Hall–Kier alpha value is -3.22. The molecule has 2 aromatic rings. The summed E-state index contributed by atoms with van der Waals surface area (Å²) in [6, 6.07) is 5.09. The molecule has 1 aromatic carbocycles. The van der Waals surface area contributed by atoms with Crippen molar-refractivity contribution >= 4 is 64.2 Å². The van der Waals surface area contributed by atoms with Gasteiger partial charge in [-0.05, 0) is 73.2 Å². The van der Waals surface area contributed by atoms with Crippen LogP contribution in [-0.2, 0) is 49.4 Å². The fraction of sp³-hybridized carbons (Fsp3) is 0.681. The molecular weight excluding hydrogens is 901 g/mol. The molecule has 14 atom stereocenters. The van der Waals surface area contributed by atoms with Crippen LogP contribution in [0.4, 0.5) is 5.69 Å². The van der Waals surface area contributed by atoms with Crippen molar-refractivity contribution in [2.24, 2.45) is 29.6 Å². The van der Waals surface area contributed by atoms with E-state index in [-0.39, 0.29) is 37.4 Å². The molecule has 3 fully saturated rings. The van der Waals surface area contributed by atoms with Gasteiger partial charge in [0.05, 0.1) is 41.6 Å². The van der Waals surface area contributed by atoms with Crippen LogP contribution in [0.5, 0.6) is 11.5 Å². The fourth-order valence-corrected chi connectivity index (χ4v) is 11.6. The highest BCUT2D eigenvalue weighted by Gasteiger charge is 2.61. The smallest absolute Gasteiger partial charge is 0.320 e. The minimum Gasteiger partial charge on any atom is -0.493 e. The molecule has 3 saturated heterocycles. The molecular formula is C47H67Cl2N3O12S. The van der Waals surface area contributed by atoms with E-state index in [9.17, 15) is 24.3 Å². The highest BCUT2D eigenvalue weighted by molar-refractivity contribution is 8.00. The number of rotatable bonds is 14. The molecule has 0 bridgehead atoms. The van der Waals surface area contributed by atoms with Gasteiger partial charge in [-0.1, -0.05) is 50.9 Å². The van der Waals surface area contributed by atoms with E-state index in [2.05, 4.69) is 10.3 Å². The molecule has 4 heterocycles.